The number of hydrogen-bond donors (Lipinski definition) is 1. The number of nitrogens with one attached hydrogen (secondary N) is 1. The third kappa shape index (κ3) is 6.37. The van der Waals surface area contributed by atoms with E-state index in [0.717, 1.165) is 29.7 Å². The highest BCUT2D eigenvalue weighted by Crippen LogP contribution is 2.32. The van der Waals surface area contributed by atoms with Gasteiger partial charge in [-0.15, -0.1) is 11.3 Å². The number of alkyl halides is 2. The molecule has 0 spiro atoms. The van der Waals surface area contributed by atoms with Crippen molar-refractivity contribution in [2.45, 2.75) is 66.3 Å². The van der Waals surface area contributed by atoms with Gasteiger partial charge < -0.3 is 10.2 Å². The van der Waals surface area contributed by atoms with Crippen LogP contribution in [0.2, 0.25) is 0 Å². The van der Waals surface area contributed by atoms with Crippen LogP contribution in [-0.2, 0) is 19.3 Å². The number of rotatable bonds is 9. The van der Waals surface area contributed by atoms with Crippen molar-refractivity contribution in [2.24, 2.45) is 5.92 Å². The zero-order valence-electron chi connectivity index (χ0n) is 25.9. The van der Waals surface area contributed by atoms with E-state index in [1.165, 1.54) is 23.6 Å². The number of aryl methyl sites for hydroxylation is 2. The monoisotopic (exact) mass is 619 g/mol. The number of halogens is 2. The van der Waals surface area contributed by atoms with E-state index in [2.05, 4.69) is 44.9 Å². The normalized spacial score (nSPS) is 15.4. The number of para-hydroxylation sites is 1. The molecule has 1 aromatic carbocycles. The molecule has 3 aromatic heterocycles. The number of piperazine rings is 1. The lowest BCUT2D eigenvalue weighted by molar-refractivity contribution is 0.0707. The smallest absolute Gasteiger partial charge is 0.280 e. The van der Waals surface area contributed by atoms with E-state index in [0.29, 0.717) is 59.1 Å². The molecule has 4 aromatic rings. The summed E-state index contributed by atoms with van der Waals surface area (Å²) in [5, 5.41) is 5.65. The van der Waals surface area contributed by atoms with Gasteiger partial charge in [0.05, 0.1) is 22.5 Å². The second kappa shape index (κ2) is 13.5. The van der Waals surface area contributed by atoms with Crippen LogP contribution in [0.4, 0.5) is 8.78 Å². The first-order valence-electron chi connectivity index (χ1n) is 15.3. The molecule has 0 radical (unpaired) electrons. The van der Waals surface area contributed by atoms with Gasteiger partial charge in [-0.2, -0.15) is 0 Å². The Balaban J connectivity index is 1.76. The van der Waals surface area contributed by atoms with Crippen molar-refractivity contribution in [1.82, 2.24) is 24.8 Å². The predicted octanol–water partition coefficient (Wildman–Crippen LogP) is 6.72. The molecule has 0 saturated carbocycles. The molecule has 1 atom stereocenters. The van der Waals surface area contributed by atoms with E-state index in [9.17, 15) is 18.4 Å². The first kappa shape index (κ1) is 31.7. The van der Waals surface area contributed by atoms with Crippen molar-refractivity contribution in [2.75, 3.05) is 19.6 Å². The van der Waals surface area contributed by atoms with Crippen LogP contribution in [-0.4, -0.2) is 51.0 Å². The third-order valence-electron chi connectivity index (χ3n) is 8.02. The van der Waals surface area contributed by atoms with Gasteiger partial charge in [0.2, 0.25) is 0 Å². The maximum Gasteiger partial charge on any atom is 0.280 e. The van der Waals surface area contributed by atoms with E-state index < -0.39 is 6.43 Å². The summed E-state index contributed by atoms with van der Waals surface area (Å²) < 4.78 is 27.9. The number of hydrogen-bond acceptors (Lipinski definition) is 6. The highest BCUT2D eigenvalue weighted by Gasteiger charge is 2.29. The Kier molecular flexibility index (Phi) is 9.70. The Morgan fingerprint density at radius 2 is 1.86 bits per heavy atom. The van der Waals surface area contributed by atoms with Gasteiger partial charge >= 0.3 is 0 Å². The number of nitrogens with zero attached hydrogens (tertiary/aromatic N) is 4. The van der Waals surface area contributed by atoms with E-state index in [1.807, 2.05) is 23.1 Å². The van der Waals surface area contributed by atoms with Crippen LogP contribution in [0.1, 0.15) is 73.9 Å². The van der Waals surface area contributed by atoms with Crippen molar-refractivity contribution >= 4 is 17.2 Å². The van der Waals surface area contributed by atoms with Crippen molar-refractivity contribution in [3.05, 3.63) is 86.4 Å². The first-order chi connectivity index (χ1) is 21.1. The molecule has 7 nitrogen and oxygen atoms in total. The molecule has 1 aliphatic rings. The number of carbonyl (C=O) groups is 1. The molecule has 0 unspecified atom stereocenters. The molecular weight excluding hydrogens is 580 g/mol. The fourth-order valence-electron chi connectivity index (χ4n) is 5.82. The number of carbonyl (C=O) groups excluding carboxylic acids is 1. The minimum Gasteiger partial charge on any atom is -0.336 e. The van der Waals surface area contributed by atoms with Gasteiger partial charge in [-0.05, 0) is 61.4 Å². The SMILES string of the molecule is CCc1cccc(CC)c1-n1c(CC(C)C)c(C(=O)N2CCN[C@@H](C)C2)cc(-c2nc(-c3ccc(C(F)F)nc3)cs2)c1=O. The van der Waals surface area contributed by atoms with Crippen LogP contribution >= 0.6 is 11.3 Å². The summed E-state index contributed by atoms with van der Waals surface area (Å²) in [4.78, 5) is 39.5. The molecule has 10 heteroatoms. The van der Waals surface area contributed by atoms with Crippen LogP contribution in [0.3, 0.4) is 0 Å². The quantitative estimate of drug-likeness (QED) is 0.225. The molecule has 1 N–H and O–H groups in total. The molecular formula is C34H39F2N5O2S. The highest BCUT2D eigenvalue weighted by molar-refractivity contribution is 7.13. The molecule has 1 amide bonds. The minimum absolute atomic E-state index is 0.0976. The second-order valence-corrected chi connectivity index (χ2v) is 12.6. The Morgan fingerprint density at radius 1 is 1.14 bits per heavy atom. The molecule has 0 bridgehead atoms. The minimum atomic E-state index is -2.66. The van der Waals surface area contributed by atoms with Gasteiger partial charge in [-0.1, -0.05) is 45.9 Å². The van der Waals surface area contributed by atoms with Gasteiger partial charge in [0.25, 0.3) is 17.9 Å². The van der Waals surface area contributed by atoms with Gasteiger partial charge in [-0.3, -0.25) is 19.1 Å². The summed E-state index contributed by atoms with van der Waals surface area (Å²) in [6.45, 7) is 12.2. The Labute approximate surface area is 261 Å². The lowest BCUT2D eigenvalue weighted by Crippen LogP contribution is -2.51. The van der Waals surface area contributed by atoms with Crippen LogP contribution < -0.4 is 10.9 Å². The summed E-state index contributed by atoms with van der Waals surface area (Å²) in [6, 6.07) is 10.8. The summed E-state index contributed by atoms with van der Waals surface area (Å²) >= 11 is 1.29. The maximum absolute atomic E-state index is 14.7. The average molecular weight is 620 g/mol. The first-order valence-corrected chi connectivity index (χ1v) is 16.1. The maximum atomic E-state index is 14.7. The number of amides is 1. The zero-order valence-corrected chi connectivity index (χ0v) is 26.7. The molecule has 1 saturated heterocycles. The summed E-state index contributed by atoms with van der Waals surface area (Å²) in [5.41, 5.74) is 5.04. The number of aromatic nitrogens is 3. The van der Waals surface area contributed by atoms with Crippen LogP contribution in [0, 0.1) is 5.92 Å². The van der Waals surface area contributed by atoms with Crippen LogP contribution in [0.25, 0.3) is 27.5 Å². The third-order valence-corrected chi connectivity index (χ3v) is 8.90. The lowest BCUT2D eigenvalue weighted by Gasteiger charge is -2.33. The molecule has 4 heterocycles. The van der Waals surface area contributed by atoms with Crippen molar-refractivity contribution in [3.63, 3.8) is 0 Å². The van der Waals surface area contributed by atoms with Gasteiger partial charge in [0.1, 0.15) is 10.7 Å². The van der Waals surface area contributed by atoms with Crippen LogP contribution in [0.15, 0.2) is 52.8 Å². The fourth-order valence-corrected chi connectivity index (χ4v) is 6.66. The topological polar surface area (TPSA) is 80.1 Å². The molecule has 232 valence electrons. The number of pyridine rings is 2. The average Bonchev–Trinajstić information content (AvgIpc) is 3.50. The number of thiazole rings is 1. The molecule has 0 aliphatic carbocycles. The van der Waals surface area contributed by atoms with Crippen molar-refractivity contribution < 1.29 is 13.6 Å². The number of benzene rings is 1. The largest absolute Gasteiger partial charge is 0.336 e. The Morgan fingerprint density at radius 3 is 2.45 bits per heavy atom. The van der Waals surface area contributed by atoms with E-state index in [-0.39, 0.29) is 29.1 Å². The van der Waals surface area contributed by atoms with E-state index in [1.54, 1.807) is 22.1 Å². The predicted molar refractivity (Wildman–Crippen MR) is 172 cm³/mol. The summed E-state index contributed by atoms with van der Waals surface area (Å²) in [5.74, 6) is 0.0913. The van der Waals surface area contributed by atoms with Gasteiger partial charge in [-0.25, -0.2) is 13.8 Å². The van der Waals surface area contributed by atoms with Gasteiger partial charge in [0, 0.05) is 48.5 Å². The van der Waals surface area contributed by atoms with Crippen LogP contribution in [0.5, 0.6) is 0 Å². The Bertz CT molecular complexity index is 1670. The summed E-state index contributed by atoms with van der Waals surface area (Å²) in [6.07, 6.45) is 0.706. The van der Waals surface area contributed by atoms with Gasteiger partial charge in [0.15, 0.2) is 0 Å². The second-order valence-electron chi connectivity index (χ2n) is 11.7. The standard InChI is InChI=1S/C34H39F2N5O2S/c1-6-22-9-8-10-23(7-2)30(22)41-29(15-20(3)4)25(33(42)40-14-13-37-21(5)18-40)16-26(34(41)43)32-39-28(19-44-32)24-11-12-27(31(35)36)38-17-24/h8-12,16-17,19-21,31,37H,6-7,13-15,18H2,1-5H3/t21-/m0/s1. The fraction of sp³-hybridized carbons (Fsp3) is 0.412. The highest BCUT2D eigenvalue weighted by atomic mass is 32.1. The van der Waals surface area contributed by atoms with Crippen molar-refractivity contribution in [1.29, 1.82) is 0 Å². The summed E-state index contributed by atoms with van der Waals surface area (Å²) in [7, 11) is 0. The van der Waals surface area contributed by atoms with E-state index >= 15 is 0 Å². The Hall–Kier alpha value is -3.76. The molecule has 5 rings (SSSR count). The molecule has 1 fully saturated rings. The zero-order chi connectivity index (χ0) is 31.5. The lowest BCUT2D eigenvalue weighted by atomic mass is 9.96. The van der Waals surface area contributed by atoms with E-state index in [4.69, 9.17) is 4.98 Å². The molecule has 1 aliphatic heterocycles. The van der Waals surface area contributed by atoms with Crippen molar-refractivity contribution in [3.8, 4) is 27.5 Å². The molecule has 44 heavy (non-hydrogen) atoms.